The van der Waals surface area contributed by atoms with Gasteiger partial charge in [0.1, 0.15) is 0 Å². The molecule has 0 aromatic carbocycles. The van der Waals surface area contributed by atoms with E-state index >= 15 is 0 Å². The van der Waals surface area contributed by atoms with E-state index in [1.807, 2.05) is 0 Å². The minimum atomic E-state index is 0.214. The number of piperidine rings is 1. The molecule has 1 N–H and O–H groups in total. The number of nitrogens with zero attached hydrogens (tertiary/aromatic N) is 2. The average Bonchev–Trinajstić information content (AvgIpc) is 2.25. The van der Waals surface area contributed by atoms with Gasteiger partial charge in [-0.2, -0.15) is 0 Å². The van der Waals surface area contributed by atoms with Crippen molar-refractivity contribution < 1.29 is 0 Å². The van der Waals surface area contributed by atoms with Gasteiger partial charge in [-0.25, -0.2) is 0 Å². The molecule has 1 atom stereocenters. The molecule has 3 nitrogen and oxygen atoms in total. The third-order valence-corrected chi connectivity index (χ3v) is 3.96. The molecule has 0 aromatic rings. The second-order valence-electron chi connectivity index (χ2n) is 8.26. The van der Waals surface area contributed by atoms with Gasteiger partial charge < -0.3 is 15.1 Å². The van der Waals surface area contributed by atoms with Gasteiger partial charge in [0, 0.05) is 31.2 Å². The highest BCUT2D eigenvalue weighted by atomic mass is 15.2. The second-order valence-corrected chi connectivity index (χ2v) is 8.26. The standard InChI is InChI=1S/C16H35N3/c1-15(2,3)17-12-16(4,5)13-19-10-8-9-14(11-19)18(6)7/h14,17H,8-13H2,1-7H3. The topological polar surface area (TPSA) is 18.5 Å². The Hall–Kier alpha value is -0.120. The minimum absolute atomic E-state index is 0.214. The van der Waals surface area contributed by atoms with Crippen LogP contribution in [0.4, 0.5) is 0 Å². The molecule has 19 heavy (non-hydrogen) atoms. The lowest BCUT2D eigenvalue weighted by molar-refractivity contribution is 0.0937. The number of nitrogens with one attached hydrogen (secondary N) is 1. The predicted octanol–water partition coefficient (Wildman–Crippen LogP) is 2.43. The van der Waals surface area contributed by atoms with E-state index in [-0.39, 0.29) is 5.54 Å². The number of hydrogen-bond acceptors (Lipinski definition) is 3. The summed E-state index contributed by atoms with van der Waals surface area (Å²) in [7, 11) is 4.42. The Balaban J connectivity index is 2.43. The Kier molecular flexibility index (Phi) is 5.84. The highest BCUT2D eigenvalue weighted by Crippen LogP contribution is 2.21. The Bertz CT molecular complexity index is 266. The molecular formula is C16H35N3. The first-order valence-corrected chi connectivity index (χ1v) is 7.73. The highest BCUT2D eigenvalue weighted by molar-refractivity contribution is 4.84. The lowest BCUT2D eigenvalue weighted by Crippen LogP contribution is -2.51. The fourth-order valence-electron chi connectivity index (χ4n) is 2.76. The van der Waals surface area contributed by atoms with E-state index in [9.17, 15) is 0 Å². The van der Waals surface area contributed by atoms with E-state index in [1.165, 1.54) is 32.5 Å². The SMILES string of the molecule is CN(C)C1CCCN(CC(C)(C)CNC(C)(C)C)C1. The number of hydrogen-bond donors (Lipinski definition) is 1. The third kappa shape index (κ3) is 6.73. The molecule has 0 amide bonds. The van der Waals surface area contributed by atoms with Gasteiger partial charge in [0.15, 0.2) is 0 Å². The van der Waals surface area contributed by atoms with Crippen molar-refractivity contribution in [1.82, 2.24) is 15.1 Å². The summed E-state index contributed by atoms with van der Waals surface area (Å²) < 4.78 is 0. The lowest BCUT2D eigenvalue weighted by atomic mass is 9.90. The molecule has 114 valence electrons. The van der Waals surface area contributed by atoms with Crippen LogP contribution in [0.5, 0.6) is 0 Å². The van der Waals surface area contributed by atoms with Crippen molar-refractivity contribution in [3.05, 3.63) is 0 Å². The van der Waals surface area contributed by atoms with Gasteiger partial charge >= 0.3 is 0 Å². The summed E-state index contributed by atoms with van der Waals surface area (Å²) in [4.78, 5) is 5.03. The smallest absolute Gasteiger partial charge is 0.0217 e. The summed E-state index contributed by atoms with van der Waals surface area (Å²) in [5.41, 5.74) is 0.548. The van der Waals surface area contributed by atoms with Crippen molar-refractivity contribution in [2.45, 2.75) is 59.0 Å². The van der Waals surface area contributed by atoms with Crippen molar-refractivity contribution in [3.63, 3.8) is 0 Å². The van der Waals surface area contributed by atoms with Gasteiger partial charge in [-0.3, -0.25) is 0 Å². The van der Waals surface area contributed by atoms with E-state index in [0.29, 0.717) is 5.41 Å². The van der Waals surface area contributed by atoms with Crippen molar-refractivity contribution in [2.75, 3.05) is 40.3 Å². The summed E-state index contributed by atoms with van der Waals surface area (Å²) in [6, 6.07) is 0.736. The zero-order chi connectivity index (χ0) is 14.7. The summed E-state index contributed by atoms with van der Waals surface area (Å²) in [5, 5.41) is 3.65. The molecule has 1 aliphatic heterocycles. The summed E-state index contributed by atoms with van der Waals surface area (Å²) >= 11 is 0. The molecule has 1 fully saturated rings. The van der Waals surface area contributed by atoms with Crippen LogP contribution in [0.1, 0.15) is 47.5 Å². The lowest BCUT2D eigenvalue weighted by Gasteiger charge is -2.41. The molecule has 1 saturated heterocycles. The fraction of sp³-hybridized carbons (Fsp3) is 1.00. The van der Waals surface area contributed by atoms with E-state index in [0.717, 1.165) is 12.6 Å². The van der Waals surface area contributed by atoms with Crippen LogP contribution in [0, 0.1) is 5.41 Å². The summed E-state index contributed by atoms with van der Waals surface area (Å²) in [5.74, 6) is 0. The minimum Gasteiger partial charge on any atom is -0.311 e. The Morgan fingerprint density at radius 1 is 1.16 bits per heavy atom. The normalized spacial score (nSPS) is 23.1. The Morgan fingerprint density at radius 2 is 1.79 bits per heavy atom. The van der Waals surface area contributed by atoms with Crippen LogP contribution in [0.15, 0.2) is 0 Å². The molecule has 1 heterocycles. The quantitative estimate of drug-likeness (QED) is 0.827. The van der Waals surface area contributed by atoms with Crippen LogP contribution in [-0.2, 0) is 0 Å². The zero-order valence-corrected chi connectivity index (χ0v) is 14.2. The van der Waals surface area contributed by atoms with E-state index < -0.39 is 0 Å². The van der Waals surface area contributed by atoms with Crippen molar-refractivity contribution in [3.8, 4) is 0 Å². The highest BCUT2D eigenvalue weighted by Gasteiger charge is 2.27. The molecule has 1 unspecified atom stereocenters. The number of likely N-dealkylation sites (N-methyl/N-ethyl adjacent to an activating group) is 1. The first kappa shape index (κ1) is 16.9. The molecule has 0 radical (unpaired) electrons. The number of rotatable bonds is 5. The van der Waals surface area contributed by atoms with Crippen LogP contribution in [-0.4, -0.2) is 61.7 Å². The number of likely N-dealkylation sites (tertiary alicyclic amines) is 1. The summed E-state index contributed by atoms with van der Waals surface area (Å²) in [6.45, 7) is 16.3. The van der Waals surface area contributed by atoms with Gasteiger partial charge in [0.2, 0.25) is 0 Å². The van der Waals surface area contributed by atoms with E-state index in [2.05, 4.69) is 63.8 Å². The van der Waals surface area contributed by atoms with E-state index in [4.69, 9.17) is 0 Å². The molecule has 1 rings (SSSR count). The first-order chi connectivity index (χ1) is 8.59. The van der Waals surface area contributed by atoms with E-state index in [1.54, 1.807) is 0 Å². The molecule has 1 aliphatic rings. The Morgan fingerprint density at radius 3 is 2.32 bits per heavy atom. The molecule has 0 bridgehead atoms. The third-order valence-electron chi connectivity index (χ3n) is 3.96. The molecule has 0 aliphatic carbocycles. The molecule has 0 saturated carbocycles. The Labute approximate surface area is 120 Å². The van der Waals surface area contributed by atoms with Gasteiger partial charge in [0.25, 0.3) is 0 Å². The molecule has 3 heteroatoms. The largest absolute Gasteiger partial charge is 0.311 e. The van der Waals surface area contributed by atoms with Crippen LogP contribution < -0.4 is 5.32 Å². The second kappa shape index (κ2) is 6.55. The van der Waals surface area contributed by atoms with Crippen molar-refractivity contribution in [1.29, 1.82) is 0 Å². The maximum Gasteiger partial charge on any atom is 0.0217 e. The molecule has 0 aromatic heterocycles. The maximum atomic E-state index is 3.65. The van der Waals surface area contributed by atoms with Crippen LogP contribution in [0.3, 0.4) is 0 Å². The van der Waals surface area contributed by atoms with Crippen LogP contribution in [0.2, 0.25) is 0 Å². The average molecular weight is 269 g/mol. The summed E-state index contributed by atoms with van der Waals surface area (Å²) in [6.07, 6.45) is 2.69. The first-order valence-electron chi connectivity index (χ1n) is 7.73. The fourth-order valence-corrected chi connectivity index (χ4v) is 2.76. The van der Waals surface area contributed by atoms with Crippen LogP contribution >= 0.6 is 0 Å². The van der Waals surface area contributed by atoms with Crippen LogP contribution in [0.25, 0.3) is 0 Å². The maximum absolute atomic E-state index is 3.65. The van der Waals surface area contributed by atoms with Gasteiger partial charge in [-0.15, -0.1) is 0 Å². The van der Waals surface area contributed by atoms with Gasteiger partial charge in [0.05, 0.1) is 0 Å². The van der Waals surface area contributed by atoms with Gasteiger partial charge in [-0.1, -0.05) is 13.8 Å². The molecular weight excluding hydrogens is 234 g/mol. The monoisotopic (exact) mass is 269 g/mol. The van der Waals surface area contributed by atoms with Crippen molar-refractivity contribution >= 4 is 0 Å². The zero-order valence-electron chi connectivity index (χ0n) is 14.2. The molecule has 0 spiro atoms. The van der Waals surface area contributed by atoms with Crippen molar-refractivity contribution in [2.24, 2.45) is 5.41 Å². The predicted molar refractivity (Wildman–Crippen MR) is 84.7 cm³/mol. The van der Waals surface area contributed by atoms with Gasteiger partial charge in [-0.05, 0) is 59.7 Å².